The number of carbonyl (C=O) groups is 1. The number of aromatic nitrogens is 1. The third-order valence-corrected chi connectivity index (χ3v) is 5.50. The van der Waals surface area contributed by atoms with Crippen LogP contribution in [0.2, 0.25) is 0 Å². The first kappa shape index (κ1) is 15.8. The van der Waals surface area contributed by atoms with Crippen LogP contribution in [0.3, 0.4) is 0 Å². The molecule has 7 heteroatoms. The minimum absolute atomic E-state index is 0.0254. The maximum atomic E-state index is 12.6. The van der Waals surface area contributed by atoms with Gasteiger partial charge in [0.2, 0.25) is 0 Å². The highest BCUT2D eigenvalue weighted by molar-refractivity contribution is 7.09. The number of aryl methyl sites for hydroxylation is 1. The van der Waals surface area contributed by atoms with Crippen LogP contribution in [-0.2, 0) is 11.3 Å². The van der Waals surface area contributed by atoms with Crippen LogP contribution in [0.1, 0.15) is 21.1 Å². The van der Waals surface area contributed by atoms with Crippen LogP contribution in [0.4, 0.5) is 0 Å². The molecule has 0 bridgehead atoms. The van der Waals surface area contributed by atoms with E-state index in [4.69, 9.17) is 9.15 Å². The van der Waals surface area contributed by atoms with Gasteiger partial charge in [0.15, 0.2) is 0 Å². The lowest BCUT2D eigenvalue weighted by atomic mass is 10.1. The fourth-order valence-electron chi connectivity index (χ4n) is 3.54. The molecule has 2 atom stereocenters. The molecule has 24 heavy (non-hydrogen) atoms. The molecule has 128 valence electrons. The summed E-state index contributed by atoms with van der Waals surface area (Å²) in [6, 6.07) is 2.00. The Morgan fingerprint density at radius 3 is 3.08 bits per heavy atom. The molecule has 4 rings (SSSR count). The molecule has 2 aliphatic rings. The lowest BCUT2D eigenvalue weighted by Gasteiger charge is -2.22. The minimum Gasteiger partial charge on any atom is -0.472 e. The average Bonchev–Trinajstić information content (AvgIpc) is 3.28. The predicted molar refractivity (Wildman–Crippen MR) is 90.0 cm³/mol. The fraction of sp³-hybridized carbons (Fsp3) is 0.529. The van der Waals surface area contributed by atoms with E-state index in [0.717, 1.165) is 31.2 Å². The Morgan fingerprint density at radius 2 is 2.33 bits per heavy atom. The number of thiazole rings is 1. The molecular formula is C17H21N3O3S. The molecule has 2 fully saturated rings. The molecule has 2 aliphatic heterocycles. The summed E-state index contributed by atoms with van der Waals surface area (Å²) >= 11 is 1.52. The molecule has 2 aromatic heterocycles. The van der Waals surface area contributed by atoms with Crippen LogP contribution < -0.4 is 0 Å². The first-order valence-corrected chi connectivity index (χ1v) is 9.13. The van der Waals surface area contributed by atoms with Crippen molar-refractivity contribution in [3.05, 3.63) is 40.2 Å². The summed E-state index contributed by atoms with van der Waals surface area (Å²) in [6.07, 6.45) is 3.62. The fourth-order valence-corrected chi connectivity index (χ4v) is 4.12. The summed E-state index contributed by atoms with van der Waals surface area (Å²) in [7, 11) is 0. The van der Waals surface area contributed by atoms with Crippen LogP contribution in [0.25, 0.3) is 0 Å². The van der Waals surface area contributed by atoms with E-state index in [1.54, 1.807) is 12.5 Å². The van der Waals surface area contributed by atoms with Crippen LogP contribution in [0.5, 0.6) is 0 Å². The molecule has 2 saturated heterocycles. The van der Waals surface area contributed by atoms with Gasteiger partial charge in [-0.15, -0.1) is 11.3 Å². The number of nitrogens with zero attached hydrogens (tertiary/aromatic N) is 3. The molecule has 1 amide bonds. The molecule has 4 heterocycles. The summed E-state index contributed by atoms with van der Waals surface area (Å²) in [6.45, 7) is 6.75. The molecule has 0 unspecified atom stereocenters. The van der Waals surface area contributed by atoms with Gasteiger partial charge < -0.3 is 14.1 Å². The standard InChI is InChI=1S/C17H21N3O3S/c1-12-18-15(11-24-12)17(21)20-8-14-7-19(3-5-23-16(14)9-20)6-13-2-4-22-10-13/h2,4,10-11,14,16H,3,5-9H2,1H3/t14-,16+/m0/s1. The molecule has 0 aliphatic carbocycles. The zero-order chi connectivity index (χ0) is 16.5. The Bertz CT molecular complexity index is 700. The van der Waals surface area contributed by atoms with Crippen molar-refractivity contribution < 1.29 is 13.9 Å². The van der Waals surface area contributed by atoms with Gasteiger partial charge in [0, 0.05) is 49.6 Å². The smallest absolute Gasteiger partial charge is 0.273 e. The number of furan rings is 1. The van der Waals surface area contributed by atoms with E-state index in [1.807, 2.05) is 23.3 Å². The van der Waals surface area contributed by atoms with Gasteiger partial charge in [-0.05, 0) is 13.0 Å². The normalized spacial score (nSPS) is 24.8. The summed E-state index contributed by atoms with van der Waals surface area (Å²) in [5, 5.41) is 2.77. The van der Waals surface area contributed by atoms with Crippen molar-refractivity contribution in [2.24, 2.45) is 5.92 Å². The number of rotatable bonds is 3. The number of amides is 1. The van der Waals surface area contributed by atoms with Gasteiger partial charge in [-0.1, -0.05) is 0 Å². The van der Waals surface area contributed by atoms with Crippen molar-refractivity contribution in [1.82, 2.24) is 14.8 Å². The van der Waals surface area contributed by atoms with E-state index in [-0.39, 0.29) is 12.0 Å². The second kappa shape index (κ2) is 6.66. The van der Waals surface area contributed by atoms with E-state index in [0.29, 0.717) is 24.8 Å². The summed E-state index contributed by atoms with van der Waals surface area (Å²) in [4.78, 5) is 21.2. The first-order chi connectivity index (χ1) is 11.7. The topological polar surface area (TPSA) is 58.8 Å². The van der Waals surface area contributed by atoms with E-state index < -0.39 is 0 Å². The number of fused-ring (bicyclic) bond motifs is 1. The monoisotopic (exact) mass is 347 g/mol. The largest absolute Gasteiger partial charge is 0.472 e. The number of hydrogen-bond donors (Lipinski definition) is 0. The molecule has 0 spiro atoms. The Labute approximate surface area is 145 Å². The van der Waals surface area contributed by atoms with Crippen LogP contribution in [0, 0.1) is 12.8 Å². The highest BCUT2D eigenvalue weighted by Gasteiger charge is 2.39. The second-order valence-electron chi connectivity index (χ2n) is 6.50. The molecule has 0 aromatic carbocycles. The lowest BCUT2D eigenvalue weighted by molar-refractivity contribution is 0.0482. The summed E-state index contributed by atoms with van der Waals surface area (Å²) < 4.78 is 11.2. The summed E-state index contributed by atoms with van der Waals surface area (Å²) in [5.74, 6) is 0.375. The van der Waals surface area contributed by atoms with Crippen LogP contribution in [-0.4, -0.2) is 59.6 Å². The van der Waals surface area contributed by atoms with E-state index in [1.165, 1.54) is 16.9 Å². The second-order valence-corrected chi connectivity index (χ2v) is 7.56. The van der Waals surface area contributed by atoms with E-state index >= 15 is 0 Å². The molecule has 6 nitrogen and oxygen atoms in total. The van der Waals surface area contributed by atoms with Crippen molar-refractivity contribution in [1.29, 1.82) is 0 Å². The Kier molecular flexibility index (Phi) is 4.39. The number of likely N-dealkylation sites (tertiary alicyclic amines) is 1. The SMILES string of the molecule is Cc1nc(C(=O)N2C[C@@H]3CN(Cc4ccoc4)CCO[C@@H]3C2)cs1. The maximum absolute atomic E-state index is 12.6. The predicted octanol–water partition coefficient (Wildman–Crippen LogP) is 2.02. The highest BCUT2D eigenvalue weighted by atomic mass is 32.1. The van der Waals surface area contributed by atoms with Gasteiger partial charge in [0.25, 0.3) is 5.91 Å². The van der Waals surface area contributed by atoms with Gasteiger partial charge in [-0.25, -0.2) is 4.98 Å². The zero-order valence-corrected chi connectivity index (χ0v) is 14.5. The third-order valence-electron chi connectivity index (χ3n) is 4.72. The van der Waals surface area contributed by atoms with Gasteiger partial charge in [0.05, 0.1) is 30.2 Å². The van der Waals surface area contributed by atoms with Crippen LogP contribution >= 0.6 is 11.3 Å². The molecule has 0 saturated carbocycles. The zero-order valence-electron chi connectivity index (χ0n) is 13.7. The number of hydrogen-bond acceptors (Lipinski definition) is 6. The molecule has 0 radical (unpaired) electrons. The van der Waals surface area contributed by atoms with Gasteiger partial charge >= 0.3 is 0 Å². The van der Waals surface area contributed by atoms with Crippen LogP contribution in [0.15, 0.2) is 28.4 Å². The van der Waals surface area contributed by atoms with Gasteiger partial charge in [-0.3, -0.25) is 9.69 Å². The number of ether oxygens (including phenoxy) is 1. The number of carbonyl (C=O) groups excluding carboxylic acids is 1. The lowest BCUT2D eigenvalue weighted by Crippen LogP contribution is -2.33. The highest BCUT2D eigenvalue weighted by Crippen LogP contribution is 2.26. The Morgan fingerprint density at radius 1 is 1.42 bits per heavy atom. The quantitative estimate of drug-likeness (QED) is 0.850. The van der Waals surface area contributed by atoms with Gasteiger partial charge in [-0.2, -0.15) is 0 Å². The molecular weight excluding hydrogens is 326 g/mol. The van der Waals surface area contributed by atoms with Crippen molar-refractivity contribution in [2.75, 3.05) is 32.8 Å². The Balaban J connectivity index is 1.41. The van der Waals surface area contributed by atoms with E-state index in [2.05, 4.69) is 9.88 Å². The van der Waals surface area contributed by atoms with Crippen molar-refractivity contribution in [2.45, 2.75) is 19.6 Å². The third kappa shape index (κ3) is 3.24. The minimum atomic E-state index is 0.0254. The molecule has 2 aromatic rings. The Hall–Kier alpha value is -1.70. The van der Waals surface area contributed by atoms with Crippen molar-refractivity contribution >= 4 is 17.2 Å². The maximum Gasteiger partial charge on any atom is 0.273 e. The average molecular weight is 347 g/mol. The van der Waals surface area contributed by atoms with E-state index in [9.17, 15) is 4.79 Å². The van der Waals surface area contributed by atoms with Crippen molar-refractivity contribution in [3.63, 3.8) is 0 Å². The van der Waals surface area contributed by atoms with Crippen molar-refractivity contribution in [3.8, 4) is 0 Å². The first-order valence-electron chi connectivity index (χ1n) is 8.25. The molecule has 0 N–H and O–H groups in total. The van der Waals surface area contributed by atoms with Gasteiger partial charge in [0.1, 0.15) is 5.69 Å². The summed E-state index contributed by atoms with van der Waals surface area (Å²) in [5.41, 5.74) is 1.74.